The highest BCUT2D eigenvalue weighted by molar-refractivity contribution is 7.33. The Morgan fingerprint density at radius 1 is 0.933 bits per heavy atom. The molecule has 0 aromatic heterocycles. The Morgan fingerprint density at radius 2 is 1.47 bits per heavy atom. The average Bonchev–Trinajstić information content (AvgIpc) is 2.19. The second-order valence-corrected chi connectivity index (χ2v) is 3.79. The standard InChI is InChI=1S/C6H14O3P.C4H10.H3N/c1-3-5-6-9-10(7)8-4-2;1-3-4-2;/h3-6H2,1-2H3;3-4H2,1-2H3;1H3/q+1;;. The molecule has 1 unspecified atom stereocenters. The minimum absolute atomic E-state index is 0. The number of hydrogen-bond donors (Lipinski definition) is 1. The molecule has 0 bridgehead atoms. The highest BCUT2D eigenvalue weighted by atomic mass is 31.1. The fraction of sp³-hybridized carbons (Fsp3) is 1.00. The van der Waals surface area contributed by atoms with Crippen LogP contribution in [0.25, 0.3) is 0 Å². The normalized spacial score (nSPS) is 9.73. The smallest absolute Gasteiger partial charge is 0.344 e. The van der Waals surface area contributed by atoms with Gasteiger partial charge in [0, 0.05) is 4.57 Å². The van der Waals surface area contributed by atoms with Crippen LogP contribution in [0.4, 0.5) is 0 Å². The van der Waals surface area contributed by atoms with E-state index in [4.69, 9.17) is 4.52 Å². The zero-order valence-corrected chi connectivity index (χ0v) is 11.5. The van der Waals surface area contributed by atoms with Crippen LogP contribution in [-0.2, 0) is 13.6 Å². The number of rotatable bonds is 7. The molecule has 15 heavy (non-hydrogen) atoms. The minimum atomic E-state index is -1.84. The van der Waals surface area contributed by atoms with Crippen molar-refractivity contribution >= 4 is 8.25 Å². The predicted octanol–water partition coefficient (Wildman–Crippen LogP) is 4.47. The van der Waals surface area contributed by atoms with E-state index in [1.54, 1.807) is 6.92 Å². The van der Waals surface area contributed by atoms with Gasteiger partial charge in [-0.1, -0.05) is 40.0 Å². The van der Waals surface area contributed by atoms with Crippen LogP contribution in [0.2, 0.25) is 0 Å². The molecular weight excluding hydrogens is 213 g/mol. The van der Waals surface area contributed by atoms with Crippen LogP contribution >= 0.6 is 8.25 Å². The maximum atomic E-state index is 10.6. The lowest BCUT2D eigenvalue weighted by Gasteiger charge is -1.86. The molecule has 0 saturated heterocycles. The van der Waals surface area contributed by atoms with E-state index in [0.717, 1.165) is 12.8 Å². The molecule has 0 aliphatic rings. The monoisotopic (exact) mass is 240 g/mol. The second-order valence-electron chi connectivity index (χ2n) is 2.83. The lowest BCUT2D eigenvalue weighted by molar-refractivity contribution is 0.231. The molecule has 0 amide bonds. The molecule has 0 saturated carbocycles. The molecule has 1 atom stereocenters. The first-order valence-corrected chi connectivity index (χ1v) is 6.55. The molecule has 0 fully saturated rings. The van der Waals surface area contributed by atoms with Crippen molar-refractivity contribution in [3.05, 3.63) is 0 Å². The van der Waals surface area contributed by atoms with Crippen LogP contribution in [0.15, 0.2) is 0 Å². The third-order valence-electron chi connectivity index (χ3n) is 1.43. The van der Waals surface area contributed by atoms with Gasteiger partial charge >= 0.3 is 8.25 Å². The Morgan fingerprint density at radius 3 is 1.80 bits per heavy atom. The van der Waals surface area contributed by atoms with E-state index in [0.29, 0.717) is 13.2 Å². The van der Waals surface area contributed by atoms with Gasteiger partial charge in [-0.2, -0.15) is 0 Å². The molecule has 0 aliphatic heterocycles. The highest BCUT2D eigenvalue weighted by Crippen LogP contribution is 2.23. The average molecular weight is 240 g/mol. The van der Waals surface area contributed by atoms with Crippen molar-refractivity contribution in [2.75, 3.05) is 13.2 Å². The zero-order chi connectivity index (χ0) is 11.2. The molecule has 0 radical (unpaired) electrons. The van der Waals surface area contributed by atoms with Gasteiger partial charge in [-0.05, 0) is 13.3 Å². The maximum absolute atomic E-state index is 10.6. The first-order chi connectivity index (χ1) is 6.72. The maximum Gasteiger partial charge on any atom is 0.697 e. The molecule has 0 heterocycles. The molecule has 0 aromatic carbocycles. The quantitative estimate of drug-likeness (QED) is 0.526. The van der Waals surface area contributed by atoms with Crippen LogP contribution in [0.1, 0.15) is 53.4 Å². The Kier molecular flexibility index (Phi) is 26.6. The molecule has 0 rings (SSSR count). The van der Waals surface area contributed by atoms with Gasteiger partial charge in [0.25, 0.3) is 0 Å². The van der Waals surface area contributed by atoms with Crippen molar-refractivity contribution in [1.82, 2.24) is 6.15 Å². The van der Waals surface area contributed by atoms with E-state index in [9.17, 15) is 4.57 Å². The molecule has 4 nitrogen and oxygen atoms in total. The minimum Gasteiger partial charge on any atom is -0.344 e. The molecule has 94 valence electrons. The summed E-state index contributed by atoms with van der Waals surface area (Å²) in [5.74, 6) is 0. The Bertz CT molecular complexity index is 121. The lowest BCUT2D eigenvalue weighted by Crippen LogP contribution is -1.87. The zero-order valence-electron chi connectivity index (χ0n) is 10.6. The first-order valence-electron chi connectivity index (χ1n) is 5.45. The summed E-state index contributed by atoms with van der Waals surface area (Å²) in [5, 5.41) is 0. The van der Waals surface area contributed by atoms with Gasteiger partial charge < -0.3 is 6.15 Å². The third kappa shape index (κ3) is 24.9. The van der Waals surface area contributed by atoms with Crippen molar-refractivity contribution in [1.29, 1.82) is 0 Å². The summed E-state index contributed by atoms with van der Waals surface area (Å²) in [6.07, 6.45) is 4.63. The van der Waals surface area contributed by atoms with Crippen LogP contribution in [-0.4, -0.2) is 13.2 Å². The van der Waals surface area contributed by atoms with E-state index in [1.165, 1.54) is 12.8 Å². The van der Waals surface area contributed by atoms with Crippen molar-refractivity contribution in [3.8, 4) is 0 Å². The molecule has 0 spiro atoms. The van der Waals surface area contributed by atoms with Crippen LogP contribution in [0.3, 0.4) is 0 Å². The van der Waals surface area contributed by atoms with E-state index < -0.39 is 8.25 Å². The largest absolute Gasteiger partial charge is 0.697 e. The van der Waals surface area contributed by atoms with Crippen LogP contribution < -0.4 is 6.15 Å². The van der Waals surface area contributed by atoms with Gasteiger partial charge in [-0.3, -0.25) is 0 Å². The van der Waals surface area contributed by atoms with Gasteiger partial charge in [0.1, 0.15) is 13.2 Å². The molecule has 5 heteroatoms. The first kappa shape index (κ1) is 20.4. The highest BCUT2D eigenvalue weighted by Gasteiger charge is 2.17. The number of unbranched alkanes of at least 4 members (excludes halogenated alkanes) is 2. The molecule has 3 N–H and O–H groups in total. The Balaban J connectivity index is -0.000000249. The summed E-state index contributed by atoms with van der Waals surface area (Å²) in [6.45, 7) is 9.18. The van der Waals surface area contributed by atoms with Crippen molar-refractivity contribution < 1.29 is 13.6 Å². The van der Waals surface area contributed by atoms with Gasteiger partial charge in [0.2, 0.25) is 0 Å². The van der Waals surface area contributed by atoms with E-state index in [1.807, 2.05) is 0 Å². The summed E-state index contributed by atoms with van der Waals surface area (Å²) < 4.78 is 20.1. The lowest BCUT2D eigenvalue weighted by atomic mass is 10.4. The Hall–Kier alpha value is -0.0200. The Labute approximate surface area is 95.3 Å². The van der Waals surface area contributed by atoms with Crippen LogP contribution in [0.5, 0.6) is 0 Å². The van der Waals surface area contributed by atoms with E-state index >= 15 is 0 Å². The molecule has 0 aliphatic carbocycles. The summed E-state index contributed by atoms with van der Waals surface area (Å²) in [6, 6.07) is 0. The topological polar surface area (TPSA) is 70.5 Å². The van der Waals surface area contributed by atoms with E-state index in [2.05, 4.69) is 25.3 Å². The summed E-state index contributed by atoms with van der Waals surface area (Å²) in [4.78, 5) is 0. The van der Waals surface area contributed by atoms with Crippen molar-refractivity contribution in [2.45, 2.75) is 53.4 Å². The molecule has 0 aromatic rings. The predicted molar refractivity (Wildman–Crippen MR) is 65.7 cm³/mol. The molecular formula is C10H27NO3P+. The summed E-state index contributed by atoms with van der Waals surface area (Å²) in [5.41, 5.74) is 0. The van der Waals surface area contributed by atoms with Gasteiger partial charge in [0.15, 0.2) is 0 Å². The van der Waals surface area contributed by atoms with Crippen molar-refractivity contribution in [3.63, 3.8) is 0 Å². The third-order valence-corrected chi connectivity index (χ3v) is 2.29. The number of hydrogen-bond acceptors (Lipinski definition) is 4. The summed E-state index contributed by atoms with van der Waals surface area (Å²) in [7, 11) is -1.84. The van der Waals surface area contributed by atoms with Gasteiger partial charge in [-0.25, -0.2) is 0 Å². The fourth-order valence-electron chi connectivity index (χ4n) is 0.426. The second kappa shape index (κ2) is 19.5. The fourth-order valence-corrected chi connectivity index (χ4v) is 0.990. The summed E-state index contributed by atoms with van der Waals surface area (Å²) >= 11 is 0. The van der Waals surface area contributed by atoms with Gasteiger partial charge in [-0.15, -0.1) is 9.05 Å². The van der Waals surface area contributed by atoms with Crippen molar-refractivity contribution in [2.24, 2.45) is 0 Å². The van der Waals surface area contributed by atoms with Crippen LogP contribution in [0, 0.1) is 0 Å². The van der Waals surface area contributed by atoms with E-state index in [-0.39, 0.29) is 6.15 Å². The SMILES string of the molecule is CCCC.CCCCO[P+](=O)OCC.N. The van der Waals surface area contributed by atoms with Gasteiger partial charge in [0.05, 0.1) is 0 Å².